The van der Waals surface area contributed by atoms with Gasteiger partial charge < -0.3 is 20.1 Å². The molecule has 5 nitrogen and oxygen atoms in total. The molecule has 1 fully saturated rings. The maximum Gasteiger partial charge on any atom is 0.255 e. The molecule has 2 N–H and O–H groups in total. The van der Waals surface area contributed by atoms with E-state index in [0.717, 1.165) is 19.5 Å². The van der Waals surface area contributed by atoms with Crippen molar-refractivity contribution >= 4 is 5.91 Å². The lowest BCUT2D eigenvalue weighted by molar-refractivity contribution is 0.0946. The van der Waals surface area contributed by atoms with E-state index in [-0.39, 0.29) is 17.2 Å². The fraction of sp³-hybridized carbons (Fsp3) is 0.588. The first-order chi connectivity index (χ1) is 10.6. The molecule has 1 aromatic rings. The molecule has 0 aliphatic carbocycles. The monoisotopic (exact) mass is 306 g/mol. The van der Waals surface area contributed by atoms with Crippen molar-refractivity contribution in [2.75, 3.05) is 26.7 Å². The molecule has 5 heteroatoms. The van der Waals surface area contributed by atoms with Crippen molar-refractivity contribution in [3.63, 3.8) is 0 Å². The van der Waals surface area contributed by atoms with Crippen LogP contribution >= 0.6 is 0 Å². The van der Waals surface area contributed by atoms with Gasteiger partial charge in [-0.05, 0) is 44.9 Å². The molecule has 0 saturated carbocycles. The molecule has 22 heavy (non-hydrogen) atoms. The molecule has 0 spiro atoms. The van der Waals surface area contributed by atoms with Crippen LogP contribution in [0.15, 0.2) is 18.2 Å². The zero-order chi connectivity index (χ0) is 15.9. The van der Waals surface area contributed by atoms with Crippen LogP contribution in [0.25, 0.3) is 0 Å². The molecular formula is C17H26N2O3. The van der Waals surface area contributed by atoms with Gasteiger partial charge >= 0.3 is 0 Å². The van der Waals surface area contributed by atoms with Gasteiger partial charge in [0.2, 0.25) is 0 Å². The Balaban J connectivity index is 1.75. The van der Waals surface area contributed by atoms with Crippen molar-refractivity contribution in [3.8, 4) is 11.5 Å². The summed E-state index contributed by atoms with van der Waals surface area (Å²) in [6.07, 6.45) is 4.79. The summed E-state index contributed by atoms with van der Waals surface area (Å²) < 4.78 is 5.01. The van der Waals surface area contributed by atoms with Crippen LogP contribution in [0.3, 0.4) is 0 Å². The first-order valence-electron chi connectivity index (χ1n) is 8.01. The lowest BCUT2D eigenvalue weighted by atomic mass is 10.0. The van der Waals surface area contributed by atoms with Gasteiger partial charge in [0, 0.05) is 25.2 Å². The Morgan fingerprint density at radius 3 is 2.95 bits per heavy atom. The molecule has 0 aromatic heterocycles. The summed E-state index contributed by atoms with van der Waals surface area (Å²) in [7, 11) is 1.52. The summed E-state index contributed by atoms with van der Waals surface area (Å²) in [6.45, 7) is 5.06. The highest BCUT2D eigenvalue weighted by Crippen LogP contribution is 2.23. The van der Waals surface area contributed by atoms with Gasteiger partial charge in [-0.1, -0.05) is 6.42 Å². The number of benzene rings is 1. The second-order valence-corrected chi connectivity index (χ2v) is 5.87. The molecule has 1 aliphatic heterocycles. The third kappa shape index (κ3) is 4.37. The van der Waals surface area contributed by atoms with E-state index in [9.17, 15) is 9.90 Å². The van der Waals surface area contributed by atoms with Gasteiger partial charge in [-0.3, -0.25) is 4.79 Å². The normalized spacial score (nSPS) is 18.9. The largest absolute Gasteiger partial charge is 0.507 e. The molecular weight excluding hydrogens is 280 g/mol. The second kappa shape index (κ2) is 8.03. The third-order valence-electron chi connectivity index (χ3n) is 4.30. The van der Waals surface area contributed by atoms with Gasteiger partial charge in [0.25, 0.3) is 5.91 Å². The number of aromatic hydroxyl groups is 1. The predicted molar refractivity (Wildman–Crippen MR) is 86.5 cm³/mol. The van der Waals surface area contributed by atoms with Crippen LogP contribution in [0.2, 0.25) is 0 Å². The van der Waals surface area contributed by atoms with Crippen molar-refractivity contribution in [1.82, 2.24) is 10.2 Å². The van der Waals surface area contributed by atoms with Gasteiger partial charge in [-0.25, -0.2) is 0 Å². The fourth-order valence-electron chi connectivity index (χ4n) is 2.90. The number of hydrogen-bond acceptors (Lipinski definition) is 4. The van der Waals surface area contributed by atoms with Gasteiger partial charge in [-0.15, -0.1) is 0 Å². The quantitative estimate of drug-likeness (QED) is 0.792. The van der Waals surface area contributed by atoms with Crippen LogP contribution in [0.1, 0.15) is 43.0 Å². The minimum atomic E-state index is -0.244. The number of ether oxygens (including phenoxy) is 1. The number of nitrogens with one attached hydrogen (secondary N) is 1. The van der Waals surface area contributed by atoms with Crippen molar-refractivity contribution in [1.29, 1.82) is 0 Å². The molecule has 1 aromatic carbocycles. The average Bonchev–Trinajstić information content (AvgIpc) is 2.52. The van der Waals surface area contributed by atoms with Crippen molar-refractivity contribution < 1.29 is 14.6 Å². The number of carbonyl (C=O) groups is 1. The van der Waals surface area contributed by atoms with Gasteiger partial charge in [0.15, 0.2) is 0 Å². The predicted octanol–water partition coefficient (Wildman–Crippen LogP) is 2.40. The summed E-state index contributed by atoms with van der Waals surface area (Å²) in [5.41, 5.74) is 0.284. The number of carbonyl (C=O) groups excluding carboxylic acids is 1. The first kappa shape index (κ1) is 16.6. The molecule has 1 amide bonds. The molecule has 122 valence electrons. The number of nitrogens with zero attached hydrogens (tertiary/aromatic N) is 1. The maximum absolute atomic E-state index is 12.1. The second-order valence-electron chi connectivity index (χ2n) is 5.87. The van der Waals surface area contributed by atoms with E-state index in [4.69, 9.17) is 4.74 Å². The molecule has 2 rings (SSSR count). The van der Waals surface area contributed by atoms with Crippen LogP contribution in [0.5, 0.6) is 11.5 Å². The standard InChI is InChI=1S/C17H26N2O3/c1-13-6-3-4-10-19(13)11-5-9-18-17(21)15-8-7-14(22-2)12-16(15)20/h7-8,12-13,20H,3-6,9-11H2,1-2H3,(H,18,21). The van der Waals surface area contributed by atoms with Gasteiger partial charge in [-0.2, -0.15) is 0 Å². The van der Waals surface area contributed by atoms with Crippen LogP contribution in [-0.2, 0) is 0 Å². The van der Waals surface area contributed by atoms with Gasteiger partial charge in [0.1, 0.15) is 11.5 Å². The summed E-state index contributed by atoms with van der Waals surface area (Å²) in [5.74, 6) is 0.237. The van der Waals surface area contributed by atoms with Crippen LogP contribution in [0.4, 0.5) is 0 Å². The van der Waals surface area contributed by atoms with Crippen LogP contribution in [-0.4, -0.2) is 48.7 Å². The molecule has 0 radical (unpaired) electrons. The highest BCUT2D eigenvalue weighted by atomic mass is 16.5. The number of phenols is 1. The van der Waals surface area contributed by atoms with E-state index in [1.165, 1.54) is 32.4 Å². The Hall–Kier alpha value is -1.75. The summed E-state index contributed by atoms with van der Waals surface area (Å²) in [6, 6.07) is 5.35. The van der Waals surface area contributed by atoms with E-state index in [0.29, 0.717) is 18.3 Å². The van der Waals surface area contributed by atoms with E-state index < -0.39 is 0 Å². The molecule has 1 atom stereocenters. The minimum Gasteiger partial charge on any atom is -0.507 e. The first-order valence-corrected chi connectivity index (χ1v) is 8.01. The van der Waals surface area contributed by atoms with Crippen molar-refractivity contribution in [2.24, 2.45) is 0 Å². The zero-order valence-electron chi connectivity index (χ0n) is 13.5. The Morgan fingerprint density at radius 2 is 2.27 bits per heavy atom. The Labute approximate surface area is 132 Å². The summed E-state index contributed by atoms with van der Waals surface area (Å²) in [4.78, 5) is 14.5. The lowest BCUT2D eigenvalue weighted by Crippen LogP contribution is -2.39. The van der Waals surface area contributed by atoms with E-state index >= 15 is 0 Å². The molecule has 1 unspecified atom stereocenters. The third-order valence-corrected chi connectivity index (χ3v) is 4.30. The highest BCUT2D eigenvalue weighted by Gasteiger charge is 2.17. The van der Waals surface area contributed by atoms with E-state index in [1.54, 1.807) is 12.1 Å². The SMILES string of the molecule is COc1ccc(C(=O)NCCCN2CCCCC2C)c(O)c1. The highest BCUT2D eigenvalue weighted by molar-refractivity contribution is 5.96. The number of amides is 1. The summed E-state index contributed by atoms with van der Waals surface area (Å²) in [5, 5.41) is 12.7. The number of methoxy groups -OCH3 is 1. The Kier molecular flexibility index (Phi) is 6.07. The van der Waals surface area contributed by atoms with Crippen LogP contribution in [0, 0.1) is 0 Å². The summed E-state index contributed by atoms with van der Waals surface area (Å²) >= 11 is 0. The zero-order valence-corrected chi connectivity index (χ0v) is 13.5. The number of likely N-dealkylation sites (tertiary alicyclic amines) is 1. The fourth-order valence-corrected chi connectivity index (χ4v) is 2.90. The molecule has 1 heterocycles. The van der Waals surface area contributed by atoms with Crippen molar-refractivity contribution in [2.45, 2.75) is 38.6 Å². The number of piperidine rings is 1. The topological polar surface area (TPSA) is 61.8 Å². The van der Waals surface area contributed by atoms with E-state index in [2.05, 4.69) is 17.1 Å². The molecule has 1 saturated heterocycles. The smallest absolute Gasteiger partial charge is 0.255 e. The minimum absolute atomic E-state index is 0.0542. The van der Waals surface area contributed by atoms with Gasteiger partial charge in [0.05, 0.1) is 12.7 Å². The average molecular weight is 306 g/mol. The maximum atomic E-state index is 12.1. The Bertz CT molecular complexity index is 505. The van der Waals surface area contributed by atoms with Crippen molar-refractivity contribution in [3.05, 3.63) is 23.8 Å². The molecule has 0 bridgehead atoms. The molecule has 1 aliphatic rings. The lowest BCUT2D eigenvalue weighted by Gasteiger charge is -2.33. The Morgan fingerprint density at radius 1 is 1.45 bits per heavy atom. The number of phenolic OH excluding ortho intramolecular Hbond substituents is 1. The van der Waals surface area contributed by atoms with E-state index in [1.807, 2.05) is 0 Å². The number of hydrogen-bond donors (Lipinski definition) is 2. The van der Waals surface area contributed by atoms with Crippen LogP contribution < -0.4 is 10.1 Å². The number of rotatable bonds is 6.